The lowest BCUT2D eigenvalue weighted by atomic mass is 9.91. The Bertz CT molecular complexity index is 913. The van der Waals surface area contributed by atoms with Crippen molar-refractivity contribution in [2.75, 3.05) is 5.32 Å². The second-order valence-electron chi connectivity index (χ2n) is 7.43. The Morgan fingerprint density at radius 1 is 0.806 bits per heavy atom. The molecule has 0 saturated heterocycles. The lowest BCUT2D eigenvalue weighted by molar-refractivity contribution is -0.143. The minimum absolute atomic E-state index is 0.0288. The molecular weight excluding hydrogens is 439 g/mol. The van der Waals surface area contributed by atoms with Gasteiger partial charge in [0.15, 0.2) is 0 Å². The predicted molar refractivity (Wildman–Crippen MR) is 95.2 cm³/mol. The van der Waals surface area contributed by atoms with Gasteiger partial charge in [0.2, 0.25) is 0 Å². The smallest absolute Gasteiger partial charge is 0.382 e. The Labute approximate surface area is 171 Å². The molecule has 0 amide bonds. The highest BCUT2D eigenvalue weighted by Crippen LogP contribution is 2.39. The van der Waals surface area contributed by atoms with E-state index >= 15 is 0 Å². The van der Waals surface area contributed by atoms with Gasteiger partial charge >= 0.3 is 18.5 Å². The molecule has 0 radical (unpaired) electrons. The van der Waals surface area contributed by atoms with Crippen LogP contribution in [0, 0.1) is 0 Å². The number of hydrogen-bond acceptors (Lipinski definition) is 2. The molecule has 1 heterocycles. The number of fused-ring (bicyclic) bond motifs is 1. The van der Waals surface area contributed by atoms with Crippen molar-refractivity contribution in [3.05, 3.63) is 64.2 Å². The second kappa shape index (κ2) is 7.92. The molecule has 0 aliphatic carbocycles. The van der Waals surface area contributed by atoms with Crippen LogP contribution in [-0.2, 0) is 25.1 Å². The molecule has 2 aromatic rings. The van der Waals surface area contributed by atoms with Gasteiger partial charge in [0.25, 0.3) is 0 Å². The van der Waals surface area contributed by atoms with Gasteiger partial charge in [-0.1, -0.05) is 0 Å². The van der Waals surface area contributed by atoms with E-state index in [4.69, 9.17) is 0 Å². The van der Waals surface area contributed by atoms with E-state index in [2.05, 4.69) is 10.6 Å². The van der Waals surface area contributed by atoms with E-state index in [-0.39, 0.29) is 29.8 Å². The monoisotopic (exact) mass is 456 g/mol. The molecule has 0 bridgehead atoms. The van der Waals surface area contributed by atoms with Crippen molar-refractivity contribution in [1.82, 2.24) is 5.32 Å². The van der Waals surface area contributed by atoms with Crippen LogP contribution >= 0.6 is 0 Å². The lowest BCUT2D eigenvalue weighted by Gasteiger charge is -2.33. The van der Waals surface area contributed by atoms with E-state index in [0.29, 0.717) is 24.2 Å². The Balaban J connectivity index is 1.91. The Morgan fingerprint density at radius 2 is 1.35 bits per heavy atom. The van der Waals surface area contributed by atoms with E-state index in [1.165, 1.54) is 6.07 Å². The molecule has 0 spiro atoms. The molecule has 0 aromatic heterocycles. The van der Waals surface area contributed by atoms with Crippen LogP contribution in [0.4, 0.5) is 45.2 Å². The third-order valence-corrected chi connectivity index (χ3v) is 4.95. The standard InChI is InChI=1S/C20H17F9N2/c1-10-4-17(15-8-12(18(21,22)23)2-3-16(15)31-10)30-9-11-5-13(19(24,25)26)7-14(6-11)20(27,28)29/h2-3,5-8,10,17,30-31H,4,9H2,1H3/t10-,17+/m1/s1. The predicted octanol–water partition coefficient (Wildman–Crippen LogP) is 6.78. The van der Waals surface area contributed by atoms with Crippen LogP contribution in [0.15, 0.2) is 36.4 Å². The topological polar surface area (TPSA) is 24.1 Å². The van der Waals surface area contributed by atoms with Gasteiger partial charge in [0.1, 0.15) is 0 Å². The summed E-state index contributed by atoms with van der Waals surface area (Å²) in [7, 11) is 0. The first-order chi connectivity index (χ1) is 14.1. The molecule has 1 aliphatic heterocycles. The Kier molecular flexibility index (Phi) is 5.94. The van der Waals surface area contributed by atoms with E-state index < -0.39 is 41.3 Å². The van der Waals surface area contributed by atoms with Gasteiger partial charge in [0.05, 0.1) is 16.7 Å². The summed E-state index contributed by atoms with van der Waals surface area (Å²) in [5, 5.41) is 5.84. The molecule has 0 fully saturated rings. The minimum Gasteiger partial charge on any atom is -0.382 e. The van der Waals surface area contributed by atoms with Crippen molar-refractivity contribution in [2.45, 2.75) is 50.5 Å². The number of benzene rings is 2. The van der Waals surface area contributed by atoms with Crippen LogP contribution in [0.2, 0.25) is 0 Å². The second-order valence-corrected chi connectivity index (χ2v) is 7.43. The highest BCUT2D eigenvalue weighted by molar-refractivity contribution is 5.57. The molecule has 1 aliphatic rings. The SMILES string of the molecule is C[C@@H]1C[C@H](NCc2cc(C(F)(F)F)cc(C(F)(F)F)c2)c2cc(C(F)(F)F)ccc2N1. The maximum absolute atomic E-state index is 13.1. The zero-order chi connectivity index (χ0) is 23.2. The first-order valence-electron chi connectivity index (χ1n) is 9.14. The molecule has 0 unspecified atom stereocenters. The van der Waals surface area contributed by atoms with Gasteiger partial charge in [0, 0.05) is 24.3 Å². The van der Waals surface area contributed by atoms with Gasteiger partial charge in [-0.25, -0.2) is 0 Å². The molecule has 2 N–H and O–H groups in total. The Morgan fingerprint density at radius 3 is 1.87 bits per heavy atom. The summed E-state index contributed by atoms with van der Waals surface area (Å²) in [5.74, 6) is 0. The van der Waals surface area contributed by atoms with Crippen LogP contribution in [0.5, 0.6) is 0 Å². The van der Waals surface area contributed by atoms with Crippen molar-refractivity contribution in [3.63, 3.8) is 0 Å². The highest BCUT2D eigenvalue weighted by Gasteiger charge is 2.37. The van der Waals surface area contributed by atoms with Crippen LogP contribution in [0.1, 0.15) is 47.2 Å². The summed E-state index contributed by atoms with van der Waals surface area (Å²) < 4.78 is 117. The Hall–Kier alpha value is -2.43. The fourth-order valence-corrected chi connectivity index (χ4v) is 3.52. The summed E-state index contributed by atoms with van der Waals surface area (Å²) in [6.45, 7) is 1.38. The highest BCUT2D eigenvalue weighted by atomic mass is 19.4. The van der Waals surface area contributed by atoms with Crippen LogP contribution in [0.25, 0.3) is 0 Å². The van der Waals surface area contributed by atoms with E-state index in [1.54, 1.807) is 6.92 Å². The van der Waals surface area contributed by atoms with Gasteiger partial charge in [-0.3, -0.25) is 0 Å². The lowest BCUT2D eigenvalue weighted by Crippen LogP contribution is -2.33. The molecule has 3 rings (SSSR count). The third-order valence-electron chi connectivity index (χ3n) is 4.95. The van der Waals surface area contributed by atoms with E-state index in [9.17, 15) is 39.5 Å². The summed E-state index contributed by atoms with van der Waals surface area (Å²) in [6, 6.07) is 3.45. The number of nitrogens with one attached hydrogen (secondary N) is 2. The third kappa shape index (κ3) is 5.44. The first kappa shape index (κ1) is 23.2. The molecule has 0 saturated carbocycles. The number of hydrogen-bond donors (Lipinski definition) is 2. The van der Waals surface area contributed by atoms with Crippen molar-refractivity contribution < 1.29 is 39.5 Å². The van der Waals surface area contributed by atoms with Gasteiger partial charge < -0.3 is 10.6 Å². The molecular formula is C20H17F9N2. The molecule has 11 heteroatoms. The maximum atomic E-state index is 13.1. The quantitative estimate of drug-likeness (QED) is 0.498. The van der Waals surface area contributed by atoms with Gasteiger partial charge in [-0.2, -0.15) is 39.5 Å². The number of anilines is 1. The fraction of sp³-hybridized carbons (Fsp3) is 0.400. The van der Waals surface area contributed by atoms with Gasteiger partial charge in [-0.15, -0.1) is 0 Å². The van der Waals surface area contributed by atoms with Gasteiger partial charge in [-0.05, 0) is 60.9 Å². The molecule has 2 atom stereocenters. The van der Waals surface area contributed by atoms with E-state index in [0.717, 1.165) is 12.1 Å². The summed E-state index contributed by atoms with van der Waals surface area (Å²) in [5.41, 5.74) is -3.40. The maximum Gasteiger partial charge on any atom is 0.416 e. The van der Waals surface area contributed by atoms with E-state index in [1.807, 2.05) is 0 Å². The molecule has 31 heavy (non-hydrogen) atoms. The zero-order valence-corrected chi connectivity index (χ0v) is 15.9. The summed E-state index contributed by atoms with van der Waals surface area (Å²) in [4.78, 5) is 0. The average molecular weight is 456 g/mol. The summed E-state index contributed by atoms with van der Waals surface area (Å²) in [6.07, 6.45) is -14.3. The normalized spacial score (nSPS) is 19.7. The molecule has 170 valence electrons. The zero-order valence-electron chi connectivity index (χ0n) is 15.9. The van der Waals surface area contributed by atoms with Crippen molar-refractivity contribution in [3.8, 4) is 0 Å². The van der Waals surface area contributed by atoms with Crippen LogP contribution in [-0.4, -0.2) is 6.04 Å². The fourth-order valence-electron chi connectivity index (χ4n) is 3.52. The van der Waals surface area contributed by atoms with Crippen molar-refractivity contribution in [2.24, 2.45) is 0 Å². The van der Waals surface area contributed by atoms with Crippen molar-refractivity contribution >= 4 is 5.69 Å². The number of halogens is 9. The largest absolute Gasteiger partial charge is 0.416 e. The summed E-state index contributed by atoms with van der Waals surface area (Å²) >= 11 is 0. The molecule has 2 nitrogen and oxygen atoms in total. The van der Waals surface area contributed by atoms with Crippen molar-refractivity contribution in [1.29, 1.82) is 0 Å². The number of rotatable bonds is 3. The van der Waals surface area contributed by atoms with Crippen LogP contribution < -0.4 is 10.6 Å². The van der Waals surface area contributed by atoms with Crippen LogP contribution in [0.3, 0.4) is 0 Å². The minimum atomic E-state index is -4.98. The molecule has 2 aromatic carbocycles. The average Bonchev–Trinajstić information content (AvgIpc) is 2.63. The first-order valence-corrected chi connectivity index (χ1v) is 9.14. The number of alkyl halides is 9.